The van der Waals surface area contributed by atoms with E-state index in [4.69, 9.17) is 9.47 Å². The standard InChI is InChI=1S/C11H12F3NO2/c1-16-10-3-2-7(11(12,13)14)4-9(10)15-8-5-17-6-8/h2-4,8,15H,5-6H2,1H3. The van der Waals surface area contributed by atoms with Crippen LogP contribution in [0.1, 0.15) is 5.56 Å². The molecule has 94 valence electrons. The van der Waals surface area contributed by atoms with E-state index in [1.807, 2.05) is 0 Å². The van der Waals surface area contributed by atoms with Crippen molar-refractivity contribution in [3.05, 3.63) is 23.8 Å². The van der Waals surface area contributed by atoms with Gasteiger partial charge in [0.15, 0.2) is 0 Å². The highest BCUT2D eigenvalue weighted by Crippen LogP contribution is 2.35. The Hall–Kier alpha value is -1.43. The van der Waals surface area contributed by atoms with Gasteiger partial charge in [0.25, 0.3) is 0 Å². The molecule has 1 N–H and O–H groups in total. The van der Waals surface area contributed by atoms with Gasteiger partial charge in [-0.2, -0.15) is 13.2 Å². The van der Waals surface area contributed by atoms with Crippen molar-refractivity contribution in [2.45, 2.75) is 12.2 Å². The average Bonchev–Trinajstić information content (AvgIpc) is 2.22. The van der Waals surface area contributed by atoms with E-state index < -0.39 is 11.7 Å². The maximum absolute atomic E-state index is 12.5. The molecule has 2 rings (SSSR count). The molecule has 1 aromatic carbocycles. The third-order valence-electron chi connectivity index (χ3n) is 2.52. The molecule has 1 aliphatic heterocycles. The van der Waals surface area contributed by atoms with Gasteiger partial charge in [-0.3, -0.25) is 0 Å². The van der Waals surface area contributed by atoms with Crippen LogP contribution < -0.4 is 10.1 Å². The lowest BCUT2D eigenvalue weighted by molar-refractivity contribution is -0.137. The van der Waals surface area contributed by atoms with Gasteiger partial charge in [-0.15, -0.1) is 0 Å². The van der Waals surface area contributed by atoms with E-state index in [-0.39, 0.29) is 6.04 Å². The van der Waals surface area contributed by atoms with Gasteiger partial charge in [-0.25, -0.2) is 0 Å². The topological polar surface area (TPSA) is 30.5 Å². The molecule has 0 aliphatic carbocycles. The van der Waals surface area contributed by atoms with Crippen molar-refractivity contribution < 1.29 is 22.6 Å². The average molecular weight is 247 g/mol. The Kier molecular flexibility index (Phi) is 3.15. The zero-order chi connectivity index (χ0) is 12.5. The second kappa shape index (κ2) is 4.44. The molecule has 0 spiro atoms. The number of ether oxygens (including phenoxy) is 2. The van der Waals surface area contributed by atoms with Crippen molar-refractivity contribution in [1.82, 2.24) is 0 Å². The molecule has 17 heavy (non-hydrogen) atoms. The smallest absolute Gasteiger partial charge is 0.416 e. The molecule has 0 atom stereocenters. The number of methoxy groups -OCH3 is 1. The molecule has 1 heterocycles. The first-order chi connectivity index (χ1) is 8.00. The van der Waals surface area contributed by atoms with Gasteiger partial charge in [0.05, 0.1) is 37.6 Å². The van der Waals surface area contributed by atoms with Gasteiger partial charge < -0.3 is 14.8 Å². The van der Waals surface area contributed by atoms with Crippen molar-refractivity contribution in [2.24, 2.45) is 0 Å². The van der Waals surface area contributed by atoms with E-state index >= 15 is 0 Å². The summed E-state index contributed by atoms with van der Waals surface area (Å²) in [6.45, 7) is 0.999. The summed E-state index contributed by atoms with van der Waals surface area (Å²) in [5.41, 5.74) is -0.350. The van der Waals surface area contributed by atoms with Gasteiger partial charge in [0.2, 0.25) is 0 Å². The van der Waals surface area contributed by atoms with Crippen molar-refractivity contribution in [3.63, 3.8) is 0 Å². The van der Waals surface area contributed by atoms with Crippen molar-refractivity contribution in [2.75, 3.05) is 25.6 Å². The molecule has 0 amide bonds. The summed E-state index contributed by atoms with van der Waals surface area (Å²) in [6.07, 6.45) is -4.35. The molecule has 1 aromatic rings. The number of alkyl halides is 3. The minimum absolute atomic E-state index is 0.0485. The number of hydrogen-bond donors (Lipinski definition) is 1. The van der Waals surface area contributed by atoms with Crippen LogP contribution in [0.4, 0.5) is 18.9 Å². The first-order valence-corrected chi connectivity index (χ1v) is 5.10. The summed E-state index contributed by atoms with van der Waals surface area (Å²) in [5, 5.41) is 2.96. The maximum atomic E-state index is 12.5. The summed E-state index contributed by atoms with van der Waals surface area (Å²) in [6, 6.07) is 3.41. The normalized spacial score (nSPS) is 16.5. The Balaban J connectivity index is 2.25. The van der Waals surface area contributed by atoms with Gasteiger partial charge in [0, 0.05) is 0 Å². The molecule has 0 saturated carbocycles. The molecule has 1 fully saturated rings. The fourth-order valence-electron chi connectivity index (χ4n) is 1.54. The zero-order valence-corrected chi connectivity index (χ0v) is 9.17. The lowest BCUT2D eigenvalue weighted by atomic mass is 10.1. The van der Waals surface area contributed by atoms with Crippen LogP contribution in [0.15, 0.2) is 18.2 Å². The molecule has 1 aliphatic rings. The summed E-state index contributed by atoms with van der Waals surface area (Å²) in [5.74, 6) is 0.393. The summed E-state index contributed by atoms with van der Waals surface area (Å²) >= 11 is 0. The quantitative estimate of drug-likeness (QED) is 0.890. The highest BCUT2D eigenvalue weighted by atomic mass is 19.4. The van der Waals surface area contributed by atoms with Crippen LogP contribution in [0.5, 0.6) is 5.75 Å². The van der Waals surface area contributed by atoms with Crippen molar-refractivity contribution >= 4 is 5.69 Å². The summed E-state index contributed by atoms with van der Waals surface area (Å²) in [4.78, 5) is 0. The van der Waals surface area contributed by atoms with Crippen LogP contribution in [-0.2, 0) is 10.9 Å². The number of benzene rings is 1. The molecule has 0 bridgehead atoms. The number of hydrogen-bond acceptors (Lipinski definition) is 3. The minimum Gasteiger partial charge on any atom is -0.495 e. The Labute approximate surface area is 96.5 Å². The lowest BCUT2D eigenvalue weighted by Crippen LogP contribution is -2.40. The molecule has 0 unspecified atom stereocenters. The Morgan fingerprint density at radius 2 is 2.06 bits per heavy atom. The maximum Gasteiger partial charge on any atom is 0.416 e. The Morgan fingerprint density at radius 3 is 2.53 bits per heavy atom. The predicted molar refractivity (Wildman–Crippen MR) is 56.2 cm³/mol. The van der Waals surface area contributed by atoms with Gasteiger partial charge in [0.1, 0.15) is 5.75 Å². The number of halogens is 3. The largest absolute Gasteiger partial charge is 0.495 e. The lowest BCUT2D eigenvalue weighted by Gasteiger charge is -2.28. The molecule has 0 aromatic heterocycles. The Bertz CT molecular complexity index is 402. The molecule has 3 nitrogen and oxygen atoms in total. The van der Waals surface area contributed by atoms with Crippen LogP contribution in [0.3, 0.4) is 0 Å². The van der Waals surface area contributed by atoms with Crippen molar-refractivity contribution in [1.29, 1.82) is 0 Å². The number of nitrogens with one attached hydrogen (secondary N) is 1. The fourth-order valence-corrected chi connectivity index (χ4v) is 1.54. The van der Waals surface area contributed by atoms with Crippen LogP contribution in [0, 0.1) is 0 Å². The predicted octanol–water partition coefficient (Wildman–Crippen LogP) is 2.52. The minimum atomic E-state index is -4.35. The number of rotatable bonds is 3. The van der Waals surface area contributed by atoms with E-state index in [1.165, 1.54) is 13.2 Å². The SMILES string of the molecule is COc1ccc(C(F)(F)F)cc1NC1COC1. The van der Waals surface area contributed by atoms with Crippen molar-refractivity contribution in [3.8, 4) is 5.75 Å². The zero-order valence-electron chi connectivity index (χ0n) is 9.17. The first-order valence-electron chi connectivity index (χ1n) is 5.10. The molecule has 1 saturated heterocycles. The molecular formula is C11H12F3NO2. The highest BCUT2D eigenvalue weighted by Gasteiger charge is 2.31. The fraction of sp³-hybridized carbons (Fsp3) is 0.455. The Morgan fingerprint density at radius 1 is 1.35 bits per heavy atom. The second-order valence-electron chi connectivity index (χ2n) is 3.79. The second-order valence-corrected chi connectivity index (χ2v) is 3.79. The number of anilines is 1. The molecule has 6 heteroatoms. The third kappa shape index (κ3) is 2.63. The van der Waals surface area contributed by atoms with Gasteiger partial charge in [-0.05, 0) is 18.2 Å². The third-order valence-corrected chi connectivity index (χ3v) is 2.52. The molecular weight excluding hydrogens is 235 g/mol. The molecule has 0 radical (unpaired) electrons. The van der Waals surface area contributed by atoms with Crippen LogP contribution >= 0.6 is 0 Å². The van der Waals surface area contributed by atoms with Gasteiger partial charge >= 0.3 is 6.18 Å². The summed E-state index contributed by atoms with van der Waals surface area (Å²) < 4.78 is 47.6. The van der Waals surface area contributed by atoms with E-state index in [2.05, 4.69) is 5.32 Å². The summed E-state index contributed by atoms with van der Waals surface area (Å²) in [7, 11) is 1.42. The first kappa shape index (κ1) is 12.0. The van der Waals surface area contributed by atoms with E-state index in [0.29, 0.717) is 24.7 Å². The van der Waals surface area contributed by atoms with E-state index in [9.17, 15) is 13.2 Å². The van der Waals surface area contributed by atoms with E-state index in [0.717, 1.165) is 12.1 Å². The van der Waals surface area contributed by atoms with E-state index in [1.54, 1.807) is 0 Å². The van der Waals surface area contributed by atoms with Crippen LogP contribution in [-0.4, -0.2) is 26.4 Å². The van der Waals surface area contributed by atoms with Gasteiger partial charge in [-0.1, -0.05) is 0 Å². The van der Waals surface area contributed by atoms with Crippen LogP contribution in [0.2, 0.25) is 0 Å². The monoisotopic (exact) mass is 247 g/mol. The van der Waals surface area contributed by atoms with Crippen LogP contribution in [0.25, 0.3) is 0 Å². The highest BCUT2D eigenvalue weighted by molar-refractivity contribution is 5.59.